The molecule has 1 unspecified atom stereocenters. The standard InChI is InChI=1S/C8H19N5O.2ClH/c1-13(2)7(14)6(9)4-3-5-12-8(10)11;;/h6H,3-5,9H2,1-2H3,(H4,10,11,12);2*1H. The number of carbonyl (C=O) groups excluding carboxylic acids is 1. The van der Waals surface area contributed by atoms with E-state index in [1.54, 1.807) is 14.1 Å². The first-order chi connectivity index (χ1) is 6.45. The zero-order valence-corrected chi connectivity index (χ0v) is 11.2. The highest BCUT2D eigenvalue weighted by Crippen LogP contribution is 1.97. The summed E-state index contributed by atoms with van der Waals surface area (Å²) in [6.07, 6.45) is 1.30. The van der Waals surface area contributed by atoms with E-state index in [1.807, 2.05) is 0 Å². The molecule has 98 valence electrons. The van der Waals surface area contributed by atoms with Crippen molar-refractivity contribution in [2.24, 2.45) is 22.2 Å². The molecule has 16 heavy (non-hydrogen) atoms. The number of likely N-dealkylation sites (N-methyl/N-ethyl adjacent to an activating group) is 1. The first-order valence-corrected chi connectivity index (χ1v) is 4.47. The summed E-state index contributed by atoms with van der Waals surface area (Å²) in [5.74, 6) is -0.00722. The van der Waals surface area contributed by atoms with Crippen LogP contribution in [0.4, 0.5) is 0 Å². The first kappa shape index (κ1) is 20.7. The van der Waals surface area contributed by atoms with Gasteiger partial charge in [-0.1, -0.05) is 0 Å². The molecule has 0 heterocycles. The molecule has 0 spiro atoms. The van der Waals surface area contributed by atoms with Crippen LogP contribution in [0, 0.1) is 0 Å². The molecule has 0 aromatic heterocycles. The highest BCUT2D eigenvalue weighted by molar-refractivity contribution is 5.85. The summed E-state index contributed by atoms with van der Waals surface area (Å²) in [6, 6.07) is -0.459. The summed E-state index contributed by atoms with van der Waals surface area (Å²) in [6.45, 7) is 0.511. The number of nitrogens with two attached hydrogens (primary N) is 3. The maximum atomic E-state index is 11.3. The molecule has 1 atom stereocenters. The SMILES string of the molecule is CN(C)C(=O)C(N)CCCN=C(N)N.Cl.Cl. The molecule has 0 radical (unpaired) electrons. The molecule has 0 aliphatic heterocycles. The summed E-state index contributed by atoms with van der Waals surface area (Å²) in [5, 5.41) is 0. The van der Waals surface area contributed by atoms with Crippen molar-refractivity contribution in [2.75, 3.05) is 20.6 Å². The van der Waals surface area contributed by atoms with E-state index in [0.717, 1.165) is 0 Å². The highest BCUT2D eigenvalue weighted by atomic mass is 35.5. The molecule has 1 amide bonds. The number of aliphatic imine (C=N–C) groups is 1. The fourth-order valence-corrected chi connectivity index (χ4v) is 0.974. The maximum Gasteiger partial charge on any atom is 0.238 e. The van der Waals surface area contributed by atoms with Crippen LogP contribution in [0.1, 0.15) is 12.8 Å². The molecule has 0 aliphatic carbocycles. The molecule has 0 saturated carbocycles. The van der Waals surface area contributed by atoms with Crippen molar-refractivity contribution >= 4 is 36.7 Å². The van der Waals surface area contributed by atoms with Crippen molar-refractivity contribution in [3.63, 3.8) is 0 Å². The number of guanidine groups is 1. The van der Waals surface area contributed by atoms with Crippen LogP contribution < -0.4 is 17.2 Å². The van der Waals surface area contributed by atoms with Crippen LogP contribution in [-0.2, 0) is 4.79 Å². The van der Waals surface area contributed by atoms with Crippen LogP contribution in [0.3, 0.4) is 0 Å². The van der Waals surface area contributed by atoms with Crippen LogP contribution in [0.2, 0.25) is 0 Å². The van der Waals surface area contributed by atoms with Crippen LogP contribution in [0.15, 0.2) is 4.99 Å². The van der Waals surface area contributed by atoms with Gasteiger partial charge in [0.05, 0.1) is 6.04 Å². The van der Waals surface area contributed by atoms with Crippen molar-refractivity contribution in [3.8, 4) is 0 Å². The van der Waals surface area contributed by atoms with Crippen molar-refractivity contribution in [2.45, 2.75) is 18.9 Å². The van der Waals surface area contributed by atoms with E-state index in [1.165, 1.54) is 4.90 Å². The first-order valence-electron chi connectivity index (χ1n) is 4.47. The number of hydrogen-bond acceptors (Lipinski definition) is 3. The number of amides is 1. The summed E-state index contributed by atoms with van der Waals surface area (Å²) >= 11 is 0. The largest absolute Gasteiger partial charge is 0.370 e. The Labute approximate surface area is 108 Å². The Balaban J connectivity index is -0.000000845. The Bertz CT molecular complexity index is 218. The second-order valence-corrected chi connectivity index (χ2v) is 3.29. The lowest BCUT2D eigenvalue weighted by Crippen LogP contribution is -2.39. The molecular weight excluding hydrogens is 253 g/mol. The smallest absolute Gasteiger partial charge is 0.238 e. The van der Waals surface area contributed by atoms with Crippen molar-refractivity contribution in [1.82, 2.24) is 4.90 Å². The zero-order valence-electron chi connectivity index (χ0n) is 9.55. The Morgan fingerprint density at radius 1 is 1.31 bits per heavy atom. The summed E-state index contributed by atoms with van der Waals surface area (Å²) in [4.78, 5) is 16.6. The van der Waals surface area contributed by atoms with Gasteiger partial charge in [-0.05, 0) is 12.8 Å². The molecule has 6 N–H and O–H groups in total. The van der Waals surface area contributed by atoms with Gasteiger partial charge in [0.15, 0.2) is 5.96 Å². The van der Waals surface area contributed by atoms with Gasteiger partial charge >= 0.3 is 0 Å². The van der Waals surface area contributed by atoms with Gasteiger partial charge in [0.1, 0.15) is 0 Å². The second kappa shape index (κ2) is 10.8. The Hall–Kier alpha value is -0.720. The van der Waals surface area contributed by atoms with E-state index in [-0.39, 0.29) is 36.7 Å². The molecule has 0 aromatic rings. The lowest BCUT2D eigenvalue weighted by Gasteiger charge is -2.15. The average molecular weight is 274 g/mol. The molecule has 0 bridgehead atoms. The van der Waals surface area contributed by atoms with Crippen molar-refractivity contribution < 1.29 is 4.79 Å². The quantitative estimate of drug-likeness (QED) is 0.349. The lowest BCUT2D eigenvalue weighted by atomic mass is 10.1. The topological polar surface area (TPSA) is 111 Å². The third-order valence-corrected chi connectivity index (χ3v) is 1.73. The number of rotatable bonds is 5. The number of nitrogens with zero attached hydrogens (tertiary/aromatic N) is 2. The molecule has 0 aromatic carbocycles. The normalized spacial score (nSPS) is 10.4. The van der Waals surface area contributed by atoms with Crippen LogP contribution in [0.5, 0.6) is 0 Å². The minimum absolute atomic E-state index is 0. The molecule has 6 nitrogen and oxygen atoms in total. The molecule has 0 rings (SSSR count). The Morgan fingerprint density at radius 2 is 1.81 bits per heavy atom. The minimum Gasteiger partial charge on any atom is -0.370 e. The van der Waals surface area contributed by atoms with Gasteiger partial charge in [-0.15, -0.1) is 24.8 Å². The van der Waals surface area contributed by atoms with E-state index in [0.29, 0.717) is 19.4 Å². The fraction of sp³-hybridized carbons (Fsp3) is 0.750. The predicted octanol–water partition coefficient (Wildman–Crippen LogP) is -0.701. The number of halogens is 2. The van der Waals surface area contributed by atoms with E-state index in [9.17, 15) is 4.79 Å². The molecule has 0 aliphatic rings. The highest BCUT2D eigenvalue weighted by Gasteiger charge is 2.14. The van der Waals surface area contributed by atoms with Crippen LogP contribution >= 0.6 is 24.8 Å². The summed E-state index contributed by atoms with van der Waals surface area (Å²) in [5.41, 5.74) is 15.9. The van der Waals surface area contributed by atoms with Gasteiger partial charge in [0.2, 0.25) is 5.91 Å². The van der Waals surface area contributed by atoms with Crippen LogP contribution in [-0.4, -0.2) is 43.4 Å². The average Bonchev–Trinajstić information content (AvgIpc) is 2.10. The van der Waals surface area contributed by atoms with Crippen LogP contribution in [0.25, 0.3) is 0 Å². The van der Waals surface area contributed by atoms with Crippen molar-refractivity contribution in [3.05, 3.63) is 0 Å². The molecule has 0 saturated heterocycles. The van der Waals surface area contributed by atoms with E-state index in [4.69, 9.17) is 17.2 Å². The van der Waals surface area contributed by atoms with E-state index < -0.39 is 6.04 Å². The van der Waals surface area contributed by atoms with Gasteiger partial charge in [0.25, 0.3) is 0 Å². The third kappa shape index (κ3) is 9.82. The summed E-state index contributed by atoms with van der Waals surface area (Å²) < 4.78 is 0. The van der Waals surface area contributed by atoms with Gasteiger partial charge < -0.3 is 22.1 Å². The number of hydrogen-bond donors (Lipinski definition) is 3. The summed E-state index contributed by atoms with van der Waals surface area (Å²) in [7, 11) is 3.36. The van der Waals surface area contributed by atoms with Gasteiger partial charge in [-0.2, -0.15) is 0 Å². The lowest BCUT2D eigenvalue weighted by molar-refractivity contribution is -0.130. The molecule has 0 fully saturated rings. The molecule has 8 heteroatoms. The second-order valence-electron chi connectivity index (χ2n) is 3.29. The van der Waals surface area contributed by atoms with Crippen molar-refractivity contribution in [1.29, 1.82) is 0 Å². The predicted molar refractivity (Wildman–Crippen MR) is 71.1 cm³/mol. The molecular formula is C8H21Cl2N5O. The van der Waals surface area contributed by atoms with E-state index in [2.05, 4.69) is 4.99 Å². The minimum atomic E-state index is -0.459. The Morgan fingerprint density at radius 3 is 2.19 bits per heavy atom. The number of carbonyl (C=O) groups is 1. The maximum absolute atomic E-state index is 11.3. The third-order valence-electron chi connectivity index (χ3n) is 1.73. The zero-order chi connectivity index (χ0) is 11.1. The fourth-order valence-electron chi connectivity index (χ4n) is 0.974. The van der Waals surface area contributed by atoms with Gasteiger partial charge in [-0.3, -0.25) is 9.79 Å². The van der Waals surface area contributed by atoms with Gasteiger partial charge in [-0.25, -0.2) is 0 Å². The van der Waals surface area contributed by atoms with E-state index >= 15 is 0 Å². The van der Waals surface area contributed by atoms with Gasteiger partial charge in [0, 0.05) is 20.6 Å². The monoisotopic (exact) mass is 273 g/mol. The Kier molecular flexibility index (Phi) is 13.9.